The highest BCUT2D eigenvalue weighted by molar-refractivity contribution is 6.29. The largest absolute Gasteiger partial charge is 0.269 e. The van der Waals surface area contributed by atoms with E-state index in [1.807, 2.05) is 30.3 Å². The second-order valence-electron chi connectivity index (χ2n) is 5.15. The molecule has 0 amide bonds. The summed E-state index contributed by atoms with van der Waals surface area (Å²) in [4.78, 5) is 14.6. The first-order valence-electron chi connectivity index (χ1n) is 7.07. The molecule has 0 saturated heterocycles. The number of rotatable bonds is 4. The summed E-state index contributed by atoms with van der Waals surface area (Å²) in [6, 6.07) is 20.2. The van der Waals surface area contributed by atoms with Crippen molar-refractivity contribution < 1.29 is 4.92 Å². The predicted octanol–water partition coefficient (Wildman–Crippen LogP) is 4.90. The van der Waals surface area contributed by atoms with E-state index in [-0.39, 0.29) is 5.69 Å². The number of pyridine rings is 1. The van der Waals surface area contributed by atoms with Crippen molar-refractivity contribution in [1.82, 2.24) is 4.98 Å². The smallest absolute Gasteiger partial charge is 0.258 e. The first kappa shape index (κ1) is 15.2. The number of aromatic nitrogens is 1. The molecule has 0 unspecified atom stereocenters. The molecule has 3 aromatic rings. The molecule has 114 valence electrons. The lowest BCUT2D eigenvalue weighted by Crippen LogP contribution is -1.93. The Morgan fingerprint density at radius 1 is 0.957 bits per heavy atom. The third kappa shape index (κ3) is 3.73. The van der Waals surface area contributed by atoms with Gasteiger partial charge in [0.05, 0.1) is 10.6 Å². The number of halogens is 1. The van der Waals surface area contributed by atoms with E-state index < -0.39 is 4.92 Å². The molecule has 0 aliphatic rings. The number of nitro benzene ring substituents is 1. The molecule has 0 aliphatic heterocycles. The summed E-state index contributed by atoms with van der Waals surface area (Å²) >= 11 is 6.13. The van der Waals surface area contributed by atoms with Crippen molar-refractivity contribution in [2.45, 2.75) is 6.42 Å². The fourth-order valence-electron chi connectivity index (χ4n) is 2.39. The lowest BCUT2D eigenvalue weighted by atomic mass is 10.0. The van der Waals surface area contributed by atoms with Gasteiger partial charge in [0.25, 0.3) is 5.69 Å². The molecule has 0 radical (unpaired) electrons. The van der Waals surface area contributed by atoms with Gasteiger partial charge >= 0.3 is 0 Å². The van der Waals surface area contributed by atoms with Crippen LogP contribution in [0.2, 0.25) is 5.15 Å². The number of nitro groups is 1. The molecular formula is C18H13ClN2O2. The van der Waals surface area contributed by atoms with Crippen LogP contribution in [0.5, 0.6) is 0 Å². The van der Waals surface area contributed by atoms with E-state index in [0.29, 0.717) is 10.8 Å². The van der Waals surface area contributed by atoms with Gasteiger partial charge in [-0.2, -0.15) is 0 Å². The number of nitrogens with zero attached hydrogens (tertiary/aromatic N) is 2. The van der Waals surface area contributed by atoms with Crippen LogP contribution < -0.4 is 0 Å². The van der Waals surface area contributed by atoms with Crippen molar-refractivity contribution in [1.29, 1.82) is 0 Å². The van der Waals surface area contributed by atoms with Gasteiger partial charge in [0.1, 0.15) is 5.15 Å². The van der Waals surface area contributed by atoms with Gasteiger partial charge in [-0.05, 0) is 41.8 Å². The van der Waals surface area contributed by atoms with Gasteiger partial charge in [-0.1, -0.05) is 41.9 Å². The number of benzene rings is 2. The molecule has 0 saturated carbocycles. The standard InChI is InChI=1S/C18H13ClN2O2/c19-18-12-14(10-13-4-2-1-3-5-13)11-17(20-18)15-6-8-16(9-7-15)21(22)23/h1-9,11-12H,10H2. The van der Waals surface area contributed by atoms with Crippen LogP contribution in [0.15, 0.2) is 66.7 Å². The Balaban J connectivity index is 1.92. The molecule has 4 nitrogen and oxygen atoms in total. The zero-order valence-corrected chi connectivity index (χ0v) is 12.9. The molecule has 0 N–H and O–H groups in total. The normalized spacial score (nSPS) is 10.5. The summed E-state index contributed by atoms with van der Waals surface area (Å²) in [6.45, 7) is 0. The first-order valence-corrected chi connectivity index (χ1v) is 7.45. The highest BCUT2D eigenvalue weighted by Crippen LogP contribution is 2.24. The Kier molecular flexibility index (Phi) is 4.35. The average Bonchev–Trinajstić information content (AvgIpc) is 2.55. The Morgan fingerprint density at radius 2 is 1.65 bits per heavy atom. The number of non-ortho nitro benzene ring substituents is 1. The van der Waals surface area contributed by atoms with Gasteiger partial charge in [0, 0.05) is 17.7 Å². The first-order chi connectivity index (χ1) is 11.1. The van der Waals surface area contributed by atoms with Crippen LogP contribution in [0, 0.1) is 10.1 Å². The molecule has 1 heterocycles. The topological polar surface area (TPSA) is 56.0 Å². The van der Waals surface area contributed by atoms with Gasteiger partial charge in [-0.25, -0.2) is 4.98 Å². The van der Waals surface area contributed by atoms with Gasteiger partial charge in [-0.15, -0.1) is 0 Å². The van der Waals surface area contributed by atoms with E-state index in [0.717, 1.165) is 17.5 Å². The molecule has 0 spiro atoms. The van der Waals surface area contributed by atoms with E-state index >= 15 is 0 Å². The molecule has 2 aromatic carbocycles. The maximum atomic E-state index is 10.7. The van der Waals surface area contributed by atoms with Gasteiger partial charge < -0.3 is 0 Å². The maximum Gasteiger partial charge on any atom is 0.269 e. The predicted molar refractivity (Wildman–Crippen MR) is 90.6 cm³/mol. The summed E-state index contributed by atoms with van der Waals surface area (Å²) in [5.74, 6) is 0. The Hall–Kier alpha value is -2.72. The van der Waals surface area contributed by atoms with Crippen LogP contribution >= 0.6 is 11.6 Å². The monoisotopic (exact) mass is 324 g/mol. The van der Waals surface area contributed by atoms with Crippen molar-refractivity contribution in [2.75, 3.05) is 0 Å². The quantitative estimate of drug-likeness (QED) is 0.389. The number of hydrogen-bond acceptors (Lipinski definition) is 3. The zero-order chi connectivity index (χ0) is 16.2. The van der Waals surface area contributed by atoms with Gasteiger partial charge in [0.15, 0.2) is 0 Å². The molecule has 3 rings (SSSR count). The van der Waals surface area contributed by atoms with E-state index in [4.69, 9.17) is 11.6 Å². The van der Waals surface area contributed by atoms with E-state index in [9.17, 15) is 10.1 Å². The fourth-order valence-corrected chi connectivity index (χ4v) is 2.62. The highest BCUT2D eigenvalue weighted by atomic mass is 35.5. The second kappa shape index (κ2) is 6.58. The van der Waals surface area contributed by atoms with Gasteiger partial charge in [-0.3, -0.25) is 10.1 Å². The van der Waals surface area contributed by atoms with Crippen LogP contribution in [-0.4, -0.2) is 9.91 Å². The Bertz CT molecular complexity index is 833. The highest BCUT2D eigenvalue weighted by Gasteiger charge is 2.08. The van der Waals surface area contributed by atoms with Crippen LogP contribution in [0.4, 0.5) is 5.69 Å². The van der Waals surface area contributed by atoms with E-state index in [1.54, 1.807) is 12.1 Å². The minimum Gasteiger partial charge on any atom is -0.258 e. The zero-order valence-electron chi connectivity index (χ0n) is 12.1. The molecule has 0 fully saturated rings. The average molecular weight is 325 g/mol. The third-order valence-corrected chi connectivity index (χ3v) is 3.67. The van der Waals surface area contributed by atoms with Crippen LogP contribution in [-0.2, 0) is 6.42 Å². The minimum atomic E-state index is -0.421. The summed E-state index contributed by atoms with van der Waals surface area (Å²) < 4.78 is 0. The molecule has 0 atom stereocenters. The van der Waals surface area contributed by atoms with E-state index in [2.05, 4.69) is 17.1 Å². The van der Waals surface area contributed by atoms with Crippen molar-refractivity contribution >= 4 is 17.3 Å². The lowest BCUT2D eigenvalue weighted by Gasteiger charge is -2.07. The van der Waals surface area contributed by atoms with Crippen LogP contribution in [0.25, 0.3) is 11.3 Å². The Labute approximate surface area is 138 Å². The fraction of sp³-hybridized carbons (Fsp3) is 0.0556. The van der Waals surface area contributed by atoms with Crippen molar-refractivity contribution in [3.05, 3.63) is 93.1 Å². The molecule has 23 heavy (non-hydrogen) atoms. The molecule has 0 aliphatic carbocycles. The van der Waals surface area contributed by atoms with Crippen molar-refractivity contribution in [3.8, 4) is 11.3 Å². The summed E-state index contributed by atoms with van der Waals surface area (Å²) in [5.41, 5.74) is 3.79. The van der Waals surface area contributed by atoms with E-state index in [1.165, 1.54) is 17.7 Å². The second-order valence-corrected chi connectivity index (χ2v) is 5.54. The molecule has 5 heteroatoms. The van der Waals surface area contributed by atoms with Crippen LogP contribution in [0.3, 0.4) is 0 Å². The Morgan fingerprint density at radius 3 is 2.30 bits per heavy atom. The van der Waals surface area contributed by atoms with Crippen molar-refractivity contribution in [2.24, 2.45) is 0 Å². The van der Waals surface area contributed by atoms with Crippen LogP contribution in [0.1, 0.15) is 11.1 Å². The minimum absolute atomic E-state index is 0.0558. The SMILES string of the molecule is O=[N+]([O-])c1ccc(-c2cc(Cc3ccccc3)cc(Cl)n2)cc1. The maximum absolute atomic E-state index is 10.7. The third-order valence-electron chi connectivity index (χ3n) is 3.48. The summed E-state index contributed by atoms with van der Waals surface area (Å²) in [7, 11) is 0. The van der Waals surface area contributed by atoms with Gasteiger partial charge in [0.2, 0.25) is 0 Å². The molecule has 1 aromatic heterocycles. The molecule has 0 bridgehead atoms. The summed E-state index contributed by atoms with van der Waals surface area (Å²) in [6.07, 6.45) is 0.753. The lowest BCUT2D eigenvalue weighted by molar-refractivity contribution is -0.384. The summed E-state index contributed by atoms with van der Waals surface area (Å²) in [5, 5.41) is 11.1. The number of hydrogen-bond donors (Lipinski definition) is 0. The molecular weight excluding hydrogens is 312 g/mol. The van der Waals surface area contributed by atoms with Crippen molar-refractivity contribution in [3.63, 3.8) is 0 Å².